The molecule has 7 heteroatoms. The van der Waals surface area contributed by atoms with Crippen LogP contribution in [0.5, 0.6) is 5.75 Å². The van der Waals surface area contributed by atoms with E-state index in [1.165, 1.54) is 0 Å². The number of ether oxygens (including phenoxy) is 1. The van der Waals surface area contributed by atoms with Gasteiger partial charge in [-0.1, -0.05) is 23.2 Å². The fourth-order valence-electron chi connectivity index (χ4n) is 2.98. The van der Waals surface area contributed by atoms with E-state index in [1.807, 2.05) is 20.2 Å². The number of nitrogens with zero attached hydrogens (tertiary/aromatic N) is 1. The fraction of sp³-hybridized carbons (Fsp3) is 0.294. The third-order valence-corrected chi connectivity index (χ3v) is 5.93. The molecule has 1 aliphatic carbocycles. The second-order valence-corrected chi connectivity index (χ2v) is 8.53. The molecule has 0 aromatic heterocycles. The van der Waals surface area contributed by atoms with Crippen LogP contribution in [0, 0.1) is 0 Å². The first kappa shape index (κ1) is 18.2. The van der Waals surface area contributed by atoms with E-state index < -0.39 is 10.4 Å². The van der Waals surface area contributed by atoms with Crippen molar-refractivity contribution in [1.82, 2.24) is 4.90 Å². The van der Waals surface area contributed by atoms with Gasteiger partial charge in [0, 0.05) is 15.6 Å². The van der Waals surface area contributed by atoms with Crippen molar-refractivity contribution in [3.05, 3.63) is 57.6 Å². The summed E-state index contributed by atoms with van der Waals surface area (Å²) in [4.78, 5) is 2.67. The van der Waals surface area contributed by atoms with Gasteiger partial charge in [0.1, 0.15) is 22.2 Å². The van der Waals surface area contributed by atoms with Gasteiger partial charge in [-0.05, 0) is 62.5 Å². The standard InChI is InChI=1S/C17H16Cl3NO2S/c1-21(2)16-9-13-14(7-10(18)8-15(13)19)17(16)23-11-3-5-12(6-4-11)24(20)22/h3-8,16-17H,9H2,1-2H3/t16-,17-,24?/m0/s1. The lowest BCUT2D eigenvalue weighted by atomic mass is 10.1. The summed E-state index contributed by atoms with van der Waals surface area (Å²) in [6, 6.07) is 10.8. The molecule has 0 spiro atoms. The Morgan fingerprint density at radius 3 is 2.42 bits per heavy atom. The molecule has 0 saturated carbocycles. The van der Waals surface area contributed by atoms with Crippen molar-refractivity contribution < 1.29 is 9.29 Å². The molecule has 0 aliphatic heterocycles. The van der Waals surface area contributed by atoms with Crippen molar-refractivity contribution in [2.45, 2.75) is 23.5 Å². The zero-order chi connectivity index (χ0) is 17.4. The van der Waals surface area contributed by atoms with Crippen LogP contribution in [-0.4, -0.2) is 29.6 Å². The number of hydrogen-bond donors (Lipinski definition) is 0. The Labute approximate surface area is 159 Å². The van der Waals surface area contributed by atoms with E-state index in [9.17, 15) is 4.55 Å². The molecule has 3 nitrogen and oxygen atoms in total. The Morgan fingerprint density at radius 2 is 1.83 bits per heavy atom. The maximum atomic E-state index is 11.3. The lowest BCUT2D eigenvalue weighted by molar-refractivity contribution is 0.111. The zero-order valence-electron chi connectivity index (χ0n) is 13.1. The predicted molar refractivity (Wildman–Crippen MR) is 99.7 cm³/mol. The van der Waals surface area contributed by atoms with Crippen LogP contribution in [-0.2, 0) is 16.8 Å². The van der Waals surface area contributed by atoms with Crippen LogP contribution >= 0.6 is 33.9 Å². The van der Waals surface area contributed by atoms with E-state index >= 15 is 0 Å². The lowest BCUT2D eigenvalue weighted by Gasteiger charge is -2.27. The Kier molecular flexibility index (Phi) is 5.55. The van der Waals surface area contributed by atoms with Crippen molar-refractivity contribution in [3.8, 4) is 5.75 Å². The summed E-state index contributed by atoms with van der Waals surface area (Å²) in [5, 5.41) is 1.27. The first-order valence-corrected chi connectivity index (χ1v) is 10.1. The number of hydrogen-bond acceptors (Lipinski definition) is 3. The van der Waals surface area contributed by atoms with Gasteiger partial charge in [0.2, 0.25) is 0 Å². The molecular formula is C17H16Cl3NO2S. The maximum absolute atomic E-state index is 11.3. The minimum Gasteiger partial charge on any atom is -0.594 e. The monoisotopic (exact) mass is 403 g/mol. The van der Waals surface area contributed by atoms with Crippen LogP contribution in [0.1, 0.15) is 17.2 Å². The first-order valence-electron chi connectivity index (χ1n) is 7.36. The summed E-state index contributed by atoms with van der Waals surface area (Å²) in [5.41, 5.74) is 2.08. The van der Waals surface area contributed by atoms with Crippen molar-refractivity contribution >= 4 is 44.3 Å². The van der Waals surface area contributed by atoms with E-state index in [-0.39, 0.29) is 12.1 Å². The van der Waals surface area contributed by atoms with E-state index in [1.54, 1.807) is 30.3 Å². The van der Waals surface area contributed by atoms with E-state index in [4.69, 9.17) is 38.6 Å². The molecule has 1 unspecified atom stereocenters. The smallest absolute Gasteiger partial charge is 0.181 e. The quantitative estimate of drug-likeness (QED) is 0.683. The van der Waals surface area contributed by atoms with Crippen LogP contribution in [0.3, 0.4) is 0 Å². The third kappa shape index (κ3) is 3.64. The fourth-order valence-corrected chi connectivity index (χ4v) is 4.23. The molecule has 0 amide bonds. The highest BCUT2D eigenvalue weighted by Gasteiger charge is 2.37. The molecule has 3 atom stereocenters. The number of benzene rings is 2. The Balaban J connectivity index is 1.93. The molecule has 2 aromatic carbocycles. The van der Waals surface area contributed by atoms with Crippen LogP contribution in [0.15, 0.2) is 41.3 Å². The van der Waals surface area contributed by atoms with Gasteiger partial charge in [-0.2, -0.15) is 0 Å². The number of halogens is 3. The van der Waals surface area contributed by atoms with Crippen molar-refractivity contribution in [3.63, 3.8) is 0 Å². The van der Waals surface area contributed by atoms with Crippen molar-refractivity contribution in [1.29, 1.82) is 0 Å². The molecule has 0 bridgehead atoms. The highest BCUT2D eigenvalue weighted by atomic mass is 35.7. The largest absolute Gasteiger partial charge is 0.594 e. The SMILES string of the molecule is CN(C)[C@H]1Cc2c(Cl)cc(Cl)cc2[C@@H]1Oc1ccc([S+]([O-])Cl)cc1. The van der Waals surface area contributed by atoms with Crippen LogP contribution in [0.2, 0.25) is 10.0 Å². The molecule has 2 aromatic rings. The number of likely N-dealkylation sites (N-methyl/N-ethyl adjacent to an activating group) is 1. The highest BCUT2D eigenvalue weighted by Crippen LogP contribution is 2.42. The molecule has 3 rings (SSSR count). The van der Waals surface area contributed by atoms with Gasteiger partial charge in [-0.3, -0.25) is 0 Å². The van der Waals surface area contributed by atoms with Crippen molar-refractivity contribution in [2.24, 2.45) is 0 Å². The maximum Gasteiger partial charge on any atom is 0.181 e. The summed E-state index contributed by atoms with van der Waals surface area (Å²) in [7, 11) is 8.10. The predicted octanol–water partition coefficient (Wildman–Crippen LogP) is 4.86. The van der Waals surface area contributed by atoms with Gasteiger partial charge in [0.25, 0.3) is 0 Å². The minimum absolute atomic E-state index is 0.151. The van der Waals surface area contributed by atoms with Crippen LogP contribution in [0.4, 0.5) is 0 Å². The summed E-state index contributed by atoms with van der Waals surface area (Å²) >= 11 is 12.5. The normalized spacial score (nSPS) is 21.0. The third-order valence-electron chi connectivity index (χ3n) is 4.20. The van der Waals surface area contributed by atoms with Gasteiger partial charge in [-0.15, -0.1) is 0 Å². The average Bonchev–Trinajstić information content (AvgIpc) is 2.87. The first-order chi connectivity index (χ1) is 11.4. The van der Waals surface area contributed by atoms with E-state index in [0.29, 0.717) is 20.7 Å². The van der Waals surface area contributed by atoms with E-state index in [0.717, 1.165) is 17.5 Å². The Hall–Kier alpha value is -0.620. The van der Waals surface area contributed by atoms with Gasteiger partial charge in [0.05, 0.1) is 6.04 Å². The number of rotatable bonds is 4. The number of fused-ring (bicyclic) bond motifs is 1. The summed E-state index contributed by atoms with van der Waals surface area (Å²) in [5.74, 6) is 0.682. The molecule has 0 N–H and O–H groups in total. The minimum atomic E-state index is -1.52. The van der Waals surface area contributed by atoms with E-state index in [2.05, 4.69) is 4.90 Å². The molecule has 128 valence electrons. The molecule has 0 heterocycles. The van der Waals surface area contributed by atoms with Crippen LogP contribution < -0.4 is 4.74 Å². The van der Waals surface area contributed by atoms with Gasteiger partial charge in [0.15, 0.2) is 15.6 Å². The summed E-state index contributed by atoms with van der Waals surface area (Å²) < 4.78 is 17.5. The topological polar surface area (TPSA) is 35.5 Å². The van der Waals surface area contributed by atoms with Gasteiger partial charge < -0.3 is 14.2 Å². The average molecular weight is 405 g/mol. The Morgan fingerprint density at radius 1 is 1.17 bits per heavy atom. The molecule has 0 radical (unpaired) electrons. The molecule has 0 fully saturated rings. The Bertz CT molecular complexity index is 737. The zero-order valence-corrected chi connectivity index (χ0v) is 16.2. The highest BCUT2D eigenvalue weighted by molar-refractivity contribution is 8.13. The summed E-state index contributed by atoms with van der Waals surface area (Å²) in [6.45, 7) is 0. The molecule has 0 saturated heterocycles. The van der Waals surface area contributed by atoms with Gasteiger partial charge in [-0.25, -0.2) is 0 Å². The van der Waals surface area contributed by atoms with Crippen LogP contribution in [0.25, 0.3) is 0 Å². The second kappa shape index (κ2) is 7.32. The van der Waals surface area contributed by atoms with Crippen molar-refractivity contribution in [2.75, 3.05) is 14.1 Å². The second-order valence-electron chi connectivity index (χ2n) is 5.92. The molecular weight excluding hydrogens is 389 g/mol. The molecule has 24 heavy (non-hydrogen) atoms. The summed E-state index contributed by atoms with van der Waals surface area (Å²) in [6.07, 6.45) is 0.616. The van der Waals surface area contributed by atoms with Gasteiger partial charge >= 0.3 is 0 Å². The molecule has 1 aliphatic rings. The lowest BCUT2D eigenvalue weighted by Crippen LogP contribution is -2.34.